The number of phenolic OH excluding ortho intramolecular Hbond substituents is 1. The van der Waals surface area contributed by atoms with E-state index in [0.29, 0.717) is 18.8 Å². The van der Waals surface area contributed by atoms with Crippen LogP contribution in [0, 0.1) is 3.57 Å². The molecule has 0 spiro atoms. The topological polar surface area (TPSA) is 93.2 Å². The highest BCUT2D eigenvalue weighted by atomic mass is 127. The molecule has 0 bridgehead atoms. The number of halogens is 1. The van der Waals surface area contributed by atoms with Crippen LogP contribution >= 0.6 is 22.6 Å². The van der Waals surface area contributed by atoms with Gasteiger partial charge in [-0.05, 0) is 40.8 Å². The molecule has 100 valence electrons. The third-order valence-corrected chi connectivity index (χ3v) is 3.15. The van der Waals surface area contributed by atoms with Crippen LogP contribution < -0.4 is 11.1 Å². The Balaban J connectivity index is 1.92. The van der Waals surface area contributed by atoms with E-state index in [0.717, 1.165) is 3.57 Å². The number of nitrogens with two attached hydrogens (primary N) is 1. The number of carbonyl (C=O) groups excluding carboxylic acids is 1. The maximum atomic E-state index is 11.9. The molecule has 4 N–H and O–H groups in total. The van der Waals surface area contributed by atoms with Gasteiger partial charge in [0.25, 0.3) is 5.91 Å². The highest BCUT2D eigenvalue weighted by Gasteiger charge is 2.10. The summed E-state index contributed by atoms with van der Waals surface area (Å²) in [5.41, 5.74) is 6.39. The fraction of sp³-hybridized carbons (Fsp3) is 0.167. The lowest BCUT2D eigenvalue weighted by Crippen LogP contribution is -2.27. The minimum absolute atomic E-state index is 0.0266. The van der Waals surface area contributed by atoms with Crippen LogP contribution in [0.1, 0.15) is 10.4 Å². The lowest BCUT2D eigenvalue weighted by molar-refractivity contribution is 0.0949. The standard InChI is InChI=1S/C12H13IN4O2/c13-8-1-2-11(18)10(5-8)12(19)15-3-4-17-7-9(14)6-16-17/h1-2,5-7,18H,3-4,14H2,(H,15,19). The molecule has 19 heavy (non-hydrogen) atoms. The molecule has 1 aromatic carbocycles. The van der Waals surface area contributed by atoms with E-state index in [4.69, 9.17) is 5.73 Å². The molecule has 0 unspecified atom stereocenters. The van der Waals surface area contributed by atoms with Gasteiger partial charge in [0.2, 0.25) is 0 Å². The van der Waals surface area contributed by atoms with Gasteiger partial charge in [-0.25, -0.2) is 0 Å². The molecule has 0 aliphatic heterocycles. The zero-order valence-electron chi connectivity index (χ0n) is 10.0. The third kappa shape index (κ3) is 3.60. The van der Waals surface area contributed by atoms with Crippen LogP contribution in [-0.2, 0) is 6.54 Å². The van der Waals surface area contributed by atoms with Crippen molar-refractivity contribution in [2.24, 2.45) is 0 Å². The van der Waals surface area contributed by atoms with Crippen molar-refractivity contribution in [2.45, 2.75) is 6.54 Å². The van der Waals surface area contributed by atoms with Crippen LogP contribution in [0.25, 0.3) is 0 Å². The van der Waals surface area contributed by atoms with E-state index in [9.17, 15) is 9.90 Å². The van der Waals surface area contributed by atoms with E-state index in [1.54, 1.807) is 29.2 Å². The van der Waals surface area contributed by atoms with Crippen LogP contribution in [-0.4, -0.2) is 27.3 Å². The number of aromatic hydroxyl groups is 1. The first kappa shape index (κ1) is 13.7. The summed E-state index contributed by atoms with van der Waals surface area (Å²) in [6.45, 7) is 0.929. The van der Waals surface area contributed by atoms with Gasteiger partial charge in [0.05, 0.1) is 24.0 Å². The molecule has 0 saturated heterocycles. The second-order valence-electron chi connectivity index (χ2n) is 3.95. The number of nitrogens with zero attached hydrogens (tertiary/aromatic N) is 2. The highest BCUT2D eigenvalue weighted by molar-refractivity contribution is 14.1. The Morgan fingerprint density at radius 2 is 2.32 bits per heavy atom. The number of aromatic nitrogens is 2. The van der Waals surface area contributed by atoms with Crippen molar-refractivity contribution < 1.29 is 9.90 Å². The van der Waals surface area contributed by atoms with Crippen LogP contribution in [0.5, 0.6) is 5.75 Å². The second-order valence-corrected chi connectivity index (χ2v) is 5.20. The minimum Gasteiger partial charge on any atom is -0.507 e. The molecule has 7 heteroatoms. The molecule has 6 nitrogen and oxygen atoms in total. The molecule has 0 atom stereocenters. The lowest BCUT2D eigenvalue weighted by atomic mass is 10.2. The minimum atomic E-state index is -0.309. The van der Waals surface area contributed by atoms with E-state index in [1.165, 1.54) is 6.07 Å². The van der Waals surface area contributed by atoms with Crippen molar-refractivity contribution in [2.75, 3.05) is 12.3 Å². The number of hydrogen-bond acceptors (Lipinski definition) is 4. The third-order valence-electron chi connectivity index (χ3n) is 2.48. The Kier molecular flexibility index (Phi) is 4.25. The van der Waals surface area contributed by atoms with Gasteiger partial charge in [0, 0.05) is 16.3 Å². The molecular weight excluding hydrogens is 359 g/mol. The van der Waals surface area contributed by atoms with Gasteiger partial charge in [-0.3, -0.25) is 9.48 Å². The molecule has 1 amide bonds. The second kappa shape index (κ2) is 5.91. The van der Waals surface area contributed by atoms with Crippen molar-refractivity contribution >= 4 is 34.2 Å². The molecule has 2 aromatic rings. The van der Waals surface area contributed by atoms with Gasteiger partial charge in [0.1, 0.15) is 5.75 Å². The fourth-order valence-electron chi connectivity index (χ4n) is 1.57. The zero-order chi connectivity index (χ0) is 13.8. The summed E-state index contributed by atoms with van der Waals surface area (Å²) in [7, 11) is 0. The fourth-order valence-corrected chi connectivity index (χ4v) is 2.06. The van der Waals surface area contributed by atoms with Crippen LogP contribution in [0.3, 0.4) is 0 Å². The zero-order valence-corrected chi connectivity index (χ0v) is 12.2. The largest absolute Gasteiger partial charge is 0.507 e. The van der Waals surface area contributed by atoms with Gasteiger partial charge < -0.3 is 16.2 Å². The predicted octanol–water partition coefficient (Wildman–Crippen LogP) is 1.21. The van der Waals surface area contributed by atoms with Crippen LogP contribution in [0.4, 0.5) is 5.69 Å². The highest BCUT2D eigenvalue weighted by Crippen LogP contribution is 2.19. The Labute approximate surface area is 123 Å². The number of carbonyl (C=O) groups is 1. The van der Waals surface area contributed by atoms with Gasteiger partial charge >= 0.3 is 0 Å². The first-order chi connectivity index (χ1) is 9.06. The average molecular weight is 372 g/mol. The van der Waals surface area contributed by atoms with E-state index in [-0.39, 0.29) is 17.2 Å². The molecule has 0 saturated carbocycles. The predicted molar refractivity (Wildman–Crippen MR) is 79.8 cm³/mol. The SMILES string of the molecule is Nc1cnn(CCNC(=O)c2cc(I)ccc2O)c1. The van der Waals surface area contributed by atoms with E-state index >= 15 is 0 Å². The van der Waals surface area contributed by atoms with Crippen molar-refractivity contribution in [1.29, 1.82) is 0 Å². The summed E-state index contributed by atoms with van der Waals surface area (Å²) >= 11 is 2.09. The first-order valence-electron chi connectivity index (χ1n) is 5.61. The van der Waals surface area contributed by atoms with E-state index in [1.807, 2.05) is 0 Å². The molecule has 1 heterocycles. The number of rotatable bonds is 4. The van der Waals surface area contributed by atoms with Gasteiger partial charge in [-0.15, -0.1) is 0 Å². The van der Waals surface area contributed by atoms with Crippen LogP contribution in [0.2, 0.25) is 0 Å². The molecular formula is C12H13IN4O2. The molecule has 2 rings (SSSR count). The van der Waals surface area contributed by atoms with Crippen molar-refractivity contribution in [3.8, 4) is 5.75 Å². The summed E-state index contributed by atoms with van der Waals surface area (Å²) in [6, 6.07) is 4.88. The summed E-state index contributed by atoms with van der Waals surface area (Å²) in [5, 5.41) is 16.4. The number of hydrogen-bond donors (Lipinski definition) is 3. The van der Waals surface area contributed by atoms with Gasteiger partial charge in [-0.1, -0.05) is 0 Å². The van der Waals surface area contributed by atoms with Gasteiger partial charge in [0.15, 0.2) is 0 Å². The summed E-state index contributed by atoms with van der Waals surface area (Å²) in [6.07, 6.45) is 3.24. The summed E-state index contributed by atoms with van der Waals surface area (Å²) in [5.74, 6) is -0.336. The number of benzene rings is 1. The lowest BCUT2D eigenvalue weighted by Gasteiger charge is -2.07. The number of amides is 1. The molecule has 0 fully saturated rings. The van der Waals surface area contributed by atoms with Gasteiger partial charge in [-0.2, -0.15) is 5.10 Å². The number of nitrogens with one attached hydrogen (secondary N) is 1. The summed E-state index contributed by atoms with van der Waals surface area (Å²) < 4.78 is 2.53. The van der Waals surface area contributed by atoms with Crippen molar-refractivity contribution in [1.82, 2.24) is 15.1 Å². The van der Waals surface area contributed by atoms with E-state index < -0.39 is 0 Å². The quantitative estimate of drug-likeness (QED) is 0.704. The Morgan fingerprint density at radius 1 is 1.53 bits per heavy atom. The monoisotopic (exact) mass is 372 g/mol. The van der Waals surface area contributed by atoms with Crippen molar-refractivity contribution in [3.05, 3.63) is 39.7 Å². The molecule has 0 aliphatic rings. The Morgan fingerprint density at radius 3 is 3.00 bits per heavy atom. The Bertz CT molecular complexity index is 597. The van der Waals surface area contributed by atoms with Crippen LogP contribution in [0.15, 0.2) is 30.6 Å². The molecule has 0 radical (unpaired) electrons. The normalized spacial score (nSPS) is 10.4. The maximum absolute atomic E-state index is 11.9. The smallest absolute Gasteiger partial charge is 0.255 e. The number of nitrogen functional groups attached to an aromatic ring is 1. The van der Waals surface area contributed by atoms with E-state index in [2.05, 4.69) is 33.0 Å². The average Bonchev–Trinajstić information content (AvgIpc) is 2.78. The maximum Gasteiger partial charge on any atom is 0.255 e. The number of phenols is 1. The molecule has 1 aromatic heterocycles. The molecule has 0 aliphatic carbocycles. The van der Waals surface area contributed by atoms with Crippen molar-refractivity contribution in [3.63, 3.8) is 0 Å². The summed E-state index contributed by atoms with van der Waals surface area (Å²) in [4.78, 5) is 11.9. The Hall–Kier alpha value is -1.77. The first-order valence-corrected chi connectivity index (χ1v) is 6.69. The number of anilines is 1.